The first-order chi connectivity index (χ1) is 9.40. The zero-order valence-corrected chi connectivity index (χ0v) is 12.6. The highest BCUT2D eigenvalue weighted by Crippen LogP contribution is 2.16. The second-order valence-electron chi connectivity index (χ2n) is 4.85. The Labute approximate surface area is 118 Å². The van der Waals surface area contributed by atoms with Crippen molar-refractivity contribution >= 4 is 10.0 Å². The van der Waals surface area contributed by atoms with E-state index in [1.54, 1.807) is 30.1 Å². The molecule has 0 amide bonds. The lowest BCUT2D eigenvalue weighted by Crippen LogP contribution is -2.30. The van der Waals surface area contributed by atoms with Crippen LogP contribution in [0.25, 0.3) is 0 Å². The molecule has 108 valence electrons. The molecule has 0 bridgehead atoms. The molecule has 1 N–H and O–H groups in total. The standard InChI is InChI=1S/C13H18N4O2S/c1-10-4-5-13(11(2)6-10)20(18,19)16-7-12(3)17-9-14-8-15-17/h4-6,8-9,12,16H,7H2,1-3H3/t12-/m1/s1. The highest BCUT2D eigenvalue weighted by Gasteiger charge is 2.18. The monoisotopic (exact) mass is 294 g/mol. The molecule has 2 aromatic rings. The van der Waals surface area contributed by atoms with E-state index in [-0.39, 0.29) is 12.6 Å². The van der Waals surface area contributed by atoms with Gasteiger partial charge in [-0.1, -0.05) is 17.7 Å². The molecule has 0 fully saturated rings. The van der Waals surface area contributed by atoms with Gasteiger partial charge in [-0.2, -0.15) is 5.10 Å². The van der Waals surface area contributed by atoms with Crippen LogP contribution in [0.5, 0.6) is 0 Å². The lowest BCUT2D eigenvalue weighted by atomic mass is 10.2. The van der Waals surface area contributed by atoms with E-state index in [1.807, 2.05) is 19.9 Å². The minimum Gasteiger partial charge on any atom is -0.249 e. The predicted octanol–water partition coefficient (Wildman–Crippen LogP) is 1.43. The van der Waals surface area contributed by atoms with Gasteiger partial charge >= 0.3 is 0 Å². The van der Waals surface area contributed by atoms with Gasteiger partial charge in [0.1, 0.15) is 12.7 Å². The fraction of sp³-hybridized carbons (Fsp3) is 0.385. The van der Waals surface area contributed by atoms with E-state index in [0.29, 0.717) is 4.90 Å². The van der Waals surface area contributed by atoms with Crippen LogP contribution in [0.1, 0.15) is 24.1 Å². The van der Waals surface area contributed by atoms with Crippen LogP contribution in [0, 0.1) is 13.8 Å². The van der Waals surface area contributed by atoms with E-state index in [2.05, 4.69) is 14.8 Å². The Morgan fingerprint density at radius 2 is 2.10 bits per heavy atom. The van der Waals surface area contributed by atoms with E-state index < -0.39 is 10.0 Å². The fourth-order valence-electron chi connectivity index (χ4n) is 1.95. The molecule has 20 heavy (non-hydrogen) atoms. The second-order valence-corrected chi connectivity index (χ2v) is 6.58. The molecular formula is C13H18N4O2S. The zero-order chi connectivity index (χ0) is 14.8. The molecule has 7 heteroatoms. The Bertz CT molecular complexity index is 680. The van der Waals surface area contributed by atoms with Gasteiger partial charge in [-0.05, 0) is 32.4 Å². The molecule has 6 nitrogen and oxygen atoms in total. The largest absolute Gasteiger partial charge is 0.249 e. The molecule has 1 heterocycles. The Morgan fingerprint density at radius 1 is 1.35 bits per heavy atom. The summed E-state index contributed by atoms with van der Waals surface area (Å²) in [5.74, 6) is 0. The average molecular weight is 294 g/mol. The molecular weight excluding hydrogens is 276 g/mol. The molecule has 0 saturated heterocycles. The number of rotatable bonds is 5. The Balaban J connectivity index is 2.11. The molecule has 0 radical (unpaired) electrons. The molecule has 1 aromatic heterocycles. The number of hydrogen-bond donors (Lipinski definition) is 1. The van der Waals surface area contributed by atoms with Crippen molar-refractivity contribution in [1.29, 1.82) is 0 Å². The second kappa shape index (κ2) is 5.72. The van der Waals surface area contributed by atoms with Gasteiger partial charge in [0.15, 0.2) is 0 Å². The smallest absolute Gasteiger partial charge is 0.240 e. The molecule has 0 unspecified atom stereocenters. The highest BCUT2D eigenvalue weighted by atomic mass is 32.2. The van der Waals surface area contributed by atoms with E-state index >= 15 is 0 Å². The predicted molar refractivity (Wildman–Crippen MR) is 75.8 cm³/mol. The average Bonchev–Trinajstić information content (AvgIpc) is 2.89. The summed E-state index contributed by atoms with van der Waals surface area (Å²) in [6.07, 6.45) is 2.99. The van der Waals surface area contributed by atoms with Gasteiger partial charge in [0.05, 0.1) is 10.9 Å². The SMILES string of the molecule is Cc1ccc(S(=O)(=O)NC[C@@H](C)n2cncn2)c(C)c1. The van der Waals surface area contributed by atoms with Gasteiger partial charge in [0, 0.05) is 6.54 Å². The molecule has 0 spiro atoms. The van der Waals surface area contributed by atoms with Crippen LogP contribution in [-0.2, 0) is 10.0 Å². The van der Waals surface area contributed by atoms with Crippen LogP contribution in [0.15, 0.2) is 35.7 Å². The Morgan fingerprint density at radius 3 is 2.70 bits per heavy atom. The molecule has 1 atom stereocenters. The molecule has 0 aliphatic rings. The summed E-state index contributed by atoms with van der Waals surface area (Å²) < 4.78 is 28.8. The van der Waals surface area contributed by atoms with Gasteiger partial charge < -0.3 is 0 Å². The third-order valence-electron chi connectivity index (χ3n) is 3.08. The first kappa shape index (κ1) is 14.7. The summed E-state index contributed by atoms with van der Waals surface area (Å²) in [4.78, 5) is 4.16. The summed E-state index contributed by atoms with van der Waals surface area (Å²) in [6.45, 7) is 5.87. The van der Waals surface area contributed by atoms with Gasteiger partial charge in [0.2, 0.25) is 10.0 Å². The van der Waals surface area contributed by atoms with Gasteiger partial charge in [-0.3, -0.25) is 0 Å². The minimum atomic E-state index is -3.51. The van der Waals surface area contributed by atoms with Crippen LogP contribution >= 0.6 is 0 Å². The maximum atomic E-state index is 12.3. The third-order valence-corrected chi connectivity index (χ3v) is 4.66. The lowest BCUT2D eigenvalue weighted by molar-refractivity contribution is 0.477. The zero-order valence-electron chi connectivity index (χ0n) is 11.7. The molecule has 0 aliphatic heterocycles. The maximum absolute atomic E-state index is 12.3. The van der Waals surface area contributed by atoms with E-state index in [1.165, 1.54) is 6.33 Å². The number of aryl methyl sites for hydroxylation is 2. The molecule has 2 rings (SSSR count). The number of hydrogen-bond acceptors (Lipinski definition) is 4. The Hall–Kier alpha value is -1.73. The number of sulfonamides is 1. The lowest BCUT2D eigenvalue weighted by Gasteiger charge is -2.14. The number of nitrogens with one attached hydrogen (secondary N) is 1. The quantitative estimate of drug-likeness (QED) is 0.905. The van der Waals surface area contributed by atoms with Crippen LogP contribution in [0.4, 0.5) is 0 Å². The number of nitrogens with zero attached hydrogens (tertiary/aromatic N) is 3. The van der Waals surface area contributed by atoms with E-state index in [0.717, 1.165) is 11.1 Å². The topological polar surface area (TPSA) is 76.9 Å². The summed E-state index contributed by atoms with van der Waals surface area (Å²) >= 11 is 0. The van der Waals surface area contributed by atoms with Gasteiger partial charge in [-0.15, -0.1) is 0 Å². The van der Waals surface area contributed by atoms with Crippen molar-refractivity contribution in [2.45, 2.75) is 31.7 Å². The van der Waals surface area contributed by atoms with E-state index in [9.17, 15) is 8.42 Å². The summed E-state index contributed by atoms with van der Waals surface area (Å²) in [7, 11) is -3.51. The van der Waals surface area contributed by atoms with Crippen molar-refractivity contribution in [3.8, 4) is 0 Å². The molecule has 1 aromatic carbocycles. The van der Waals surface area contributed by atoms with Gasteiger partial charge in [-0.25, -0.2) is 22.8 Å². The van der Waals surface area contributed by atoms with Crippen molar-refractivity contribution in [3.63, 3.8) is 0 Å². The summed E-state index contributed by atoms with van der Waals surface area (Å²) in [5.41, 5.74) is 1.78. The van der Waals surface area contributed by atoms with Gasteiger partial charge in [0.25, 0.3) is 0 Å². The Kier molecular flexibility index (Phi) is 4.20. The molecule has 0 saturated carbocycles. The number of aromatic nitrogens is 3. The minimum absolute atomic E-state index is 0.0990. The first-order valence-corrected chi connectivity index (χ1v) is 7.79. The summed E-state index contributed by atoms with van der Waals surface area (Å²) in [5, 5.41) is 3.99. The molecule has 0 aliphatic carbocycles. The van der Waals surface area contributed by atoms with Crippen molar-refractivity contribution in [2.75, 3.05) is 6.54 Å². The maximum Gasteiger partial charge on any atom is 0.240 e. The third kappa shape index (κ3) is 3.23. The van der Waals surface area contributed by atoms with E-state index in [4.69, 9.17) is 0 Å². The highest BCUT2D eigenvalue weighted by molar-refractivity contribution is 7.89. The fourth-order valence-corrected chi connectivity index (χ4v) is 3.29. The van der Waals surface area contributed by atoms with Crippen LogP contribution < -0.4 is 4.72 Å². The van der Waals surface area contributed by atoms with Crippen molar-refractivity contribution in [2.24, 2.45) is 0 Å². The first-order valence-electron chi connectivity index (χ1n) is 6.31. The van der Waals surface area contributed by atoms with Crippen LogP contribution in [-0.4, -0.2) is 29.7 Å². The van der Waals surface area contributed by atoms with Crippen LogP contribution in [0.3, 0.4) is 0 Å². The summed E-state index contributed by atoms with van der Waals surface area (Å²) in [6, 6.07) is 5.18. The van der Waals surface area contributed by atoms with Crippen molar-refractivity contribution in [1.82, 2.24) is 19.5 Å². The normalized spacial score (nSPS) is 13.3. The number of benzene rings is 1. The van der Waals surface area contributed by atoms with Crippen molar-refractivity contribution < 1.29 is 8.42 Å². The van der Waals surface area contributed by atoms with Crippen molar-refractivity contribution in [3.05, 3.63) is 42.0 Å². The van der Waals surface area contributed by atoms with Crippen LogP contribution in [0.2, 0.25) is 0 Å².